The molecule has 1 N–H and O–H groups in total. The quantitative estimate of drug-likeness (QED) is 0.855. The second kappa shape index (κ2) is 5.71. The summed E-state index contributed by atoms with van der Waals surface area (Å²) in [5.74, 6) is 0.947. The van der Waals surface area contributed by atoms with Gasteiger partial charge in [-0.2, -0.15) is 9.98 Å². The summed E-state index contributed by atoms with van der Waals surface area (Å²) < 4.78 is 34.6. The van der Waals surface area contributed by atoms with E-state index < -0.39 is 16.1 Å². The van der Waals surface area contributed by atoms with E-state index in [-0.39, 0.29) is 0 Å². The highest BCUT2D eigenvalue weighted by Gasteiger charge is 2.17. The van der Waals surface area contributed by atoms with Crippen LogP contribution in [-0.4, -0.2) is 28.9 Å². The van der Waals surface area contributed by atoms with E-state index in [2.05, 4.69) is 4.72 Å². The van der Waals surface area contributed by atoms with Crippen molar-refractivity contribution in [2.24, 2.45) is 0 Å². The molecule has 1 rings (SSSR count). The highest BCUT2D eigenvalue weighted by molar-refractivity contribution is 7.88. The fourth-order valence-corrected chi connectivity index (χ4v) is 2.03. The van der Waals surface area contributed by atoms with Crippen molar-refractivity contribution < 1.29 is 17.9 Å². The number of benzene rings is 1. The van der Waals surface area contributed by atoms with Crippen LogP contribution in [0.25, 0.3) is 0 Å². The summed E-state index contributed by atoms with van der Waals surface area (Å²) in [6, 6.07) is 5.70. The lowest BCUT2D eigenvalue weighted by Crippen LogP contribution is -2.26. The number of rotatable bonds is 5. The van der Waals surface area contributed by atoms with Gasteiger partial charge in [0.05, 0.1) is 26.5 Å². The van der Waals surface area contributed by atoms with Gasteiger partial charge in [-0.15, -0.1) is 0 Å². The van der Waals surface area contributed by atoms with E-state index in [1.165, 1.54) is 14.2 Å². The van der Waals surface area contributed by atoms with Crippen LogP contribution in [0.15, 0.2) is 18.2 Å². The van der Waals surface area contributed by atoms with Crippen LogP contribution in [0.2, 0.25) is 0 Å². The van der Waals surface area contributed by atoms with Crippen molar-refractivity contribution in [2.75, 3.05) is 20.5 Å². The monoisotopic (exact) mass is 270 g/mol. The molecule has 1 aromatic rings. The standard InChI is InChI=1S/C11H14N2O4S/c1-16-10-5-4-8(6-11(10)17-2)9(7-12)13-18(3,14)15/h4-6,9,13H,1-3H3. The number of nitrogens with zero attached hydrogens (tertiary/aromatic N) is 1. The maximum absolute atomic E-state index is 11.1. The Balaban J connectivity index is 3.12. The third kappa shape index (κ3) is 3.61. The minimum Gasteiger partial charge on any atom is -0.493 e. The predicted octanol–water partition coefficient (Wildman–Crippen LogP) is 0.818. The molecule has 0 aliphatic carbocycles. The molecule has 0 heterocycles. The molecule has 0 amide bonds. The van der Waals surface area contributed by atoms with Crippen LogP contribution in [0.4, 0.5) is 0 Å². The number of ether oxygens (including phenoxy) is 2. The van der Waals surface area contributed by atoms with Gasteiger partial charge in [0, 0.05) is 0 Å². The zero-order valence-corrected chi connectivity index (χ0v) is 11.1. The van der Waals surface area contributed by atoms with Crippen molar-refractivity contribution >= 4 is 10.0 Å². The first-order valence-electron chi connectivity index (χ1n) is 5.00. The summed E-state index contributed by atoms with van der Waals surface area (Å²) in [6.45, 7) is 0. The summed E-state index contributed by atoms with van der Waals surface area (Å²) in [6.07, 6.45) is 0.998. The fourth-order valence-electron chi connectivity index (χ4n) is 1.42. The van der Waals surface area contributed by atoms with E-state index in [9.17, 15) is 8.42 Å². The average Bonchev–Trinajstić information content (AvgIpc) is 2.34. The van der Waals surface area contributed by atoms with E-state index in [1.807, 2.05) is 6.07 Å². The van der Waals surface area contributed by atoms with Crippen molar-refractivity contribution in [1.82, 2.24) is 4.72 Å². The summed E-state index contributed by atoms with van der Waals surface area (Å²) in [7, 11) is -0.504. The third-order valence-corrected chi connectivity index (χ3v) is 2.87. The highest BCUT2D eigenvalue weighted by Crippen LogP contribution is 2.29. The molecular weight excluding hydrogens is 256 g/mol. The Morgan fingerprint density at radius 3 is 2.33 bits per heavy atom. The molecule has 1 aromatic carbocycles. The molecule has 1 unspecified atom stereocenters. The number of hydrogen-bond donors (Lipinski definition) is 1. The first kappa shape index (κ1) is 14.3. The maximum Gasteiger partial charge on any atom is 0.210 e. The van der Waals surface area contributed by atoms with Gasteiger partial charge >= 0.3 is 0 Å². The Morgan fingerprint density at radius 1 is 1.28 bits per heavy atom. The van der Waals surface area contributed by atoms with Crippen molar-refractivity contribution in [3.63, 3.8) is 0 Å². The molecule has 0 saturated heterocycles. The molecule has 6 nitrogen and oxygen atoms in total. The molecule has 98 valence electrons. The number of hydrogen-bond acceptors (Lipinski definition) is 5. The van der Waals surface area contributed by atoms with Gasteiger partial charge in [0.2, 0.25) is 10.0 Å². The van der Waals surface area contributed by atoms with Crippen LogP contribution in [0.1, 0.15) is 11.6 Å². The molecule has 0 saturated carbocycles. The predicted molar refractivity (Wildman–Crippen MR) is 65.9 cm³/mol. The third-order valence-electron chi connectivity index (χ3n) is 2.20. The summed E-state index contributed by atoms with van der Waals surface area (Å²) in [4.78, 5) is 0. The minimum absolute atomic E-state index is 0.436. The molecule has 0 fully saturated rings. The second-order valence-electron chi connectivity index (χ2n) is 3.57. The van der Waals surface area contributed by atoms with Crippen LogP contribution in [0, 0.1) is 11.3 Å². The van der Waals surface area contributed by atoms with E-state index in [0.29, 0.717) is 17.1 Å². The molecule has 7 heteroatoms. The molecule has 18 heavy (non-hydrogen) atoms. The molecule has 0 bridgehead atoms. The zero-order chi connectivity index (χ0) is 13.8. The first-order valence-corrected chi connectivity index (χ1v) is 6.89. The second-order valence-corrected chi connectivity index (χ2v) is 5.35. The molecule has 0 radical (unpaired) electrons. The van der Waals surface area contributed by atoms with Gasteiger partial charge in [0.15, 0.2) is 11.5 Å². The van der Waals surface area contributed by atoms with Crippen molar-refractivity contribution in [3.05, 3.63) is 23.8 Å². The van der Waals surface area contributed by atoms with Gasteiger partial charge in [0.1, 0.15) is 6.04 Å². The van der Waals surface area contributed by atoms with E-state index in [1.54, 1.807) is 18.2 Å². The lowest BCUT2D eigenvalue weighted by atomic mass is 10.1. The Hall–Kier alpha value is -1.78. The summed E-state index contributed by atoms with van der Waals surface area (Å²) in [5, 5.41) is 8.98. The van der Waals surface area contributed by atoms with Gasteiger partial charge in [-0.3, -0.25) is 0 Å². The SMILES string of the molecule is COc1ccc(C(C#N)NS(C)(=O)=O)cc1OC. The van der Waals surface area contributed by atoms with Gasteiger partial charge in [-0.05, 0) is 17.7 Å². The fraction of sp³-hybridized carbons (Fsp3) is 0.364. The number of sulfonamides is 1. The largest absolute Gasteiger partial charge is 0.493 e. The Morgan fingerprint density at radius 2 is 1.89 bits per heavy atom. The Labute approximate surface area is 106 Å². The maximum atomic E-state index is 11.1. The average molecular weight is 270 g/mol. The Kier molecular flexibility index (Phi) is 4.53. The first-order chi connectivity index (χ1) is 8.41. The van der Waals surface area contributed by atoms with Crippen LogP contribution >= 0.6 is 0 Å². The molecule has 0 aromatic heterocycles. The van der Waals surface area contributed by atoms with Crippen molar-refractivity contribution in [1.29, 1.82) is 5.26 Å². The Bertz CT molecular complexity index is 563. The van der Waals surface area contributed by atoms with Gasteiger partial charge in [0.25, 0.3) is 0 Å². The lowest BCUT2D eigenvalue weighted by molar-refractivity contribution is 0.354. The van der Waals surface area contributed by atoms with Crippen LogP contribution < -0.4 is 14.2 Å². The minimum atomic E-state index is -3.46. The molecular formula is C11H14N2O4S. The van der Waals surface area contributed by atoms with Crippen LogP contribution in [-0.2, 0) is 10.0 Å². The van der Waals surface area contributed by atoms with Crippen molar-refractivity contribution in [2.45, 2.75) is 6.04 Å². The normalized spacial score (nSPS) is 12.6. The smallest absolute Gasteiger partial charge is 0.210 e. The lowest BCUT2D eigenvalue weighted by Gasteiger charge is -2.13. The van der Waals surface area contributed by atoms with Crippen LogP contribution in [0.5, 0.6) is 11.5 Å². The highest BCUT2D eigenvalue weighted by atomic mass is 32.2. The van der Waals surface area contributed by atoms with Gasteiger partial charge in [-0.1, -0.05) is 6.07 Å². The van der Waals surface area contributed by atoms with Gasteiger partial charge < -0.3 is 9.47 Å². The number of nitriles is 1. The number of nitrogens with one attached hydrogen (secondary N) is 1. The van der Waals surface area contributed by atoms with Crippen molar-refractivity contribution in [3.8, 4) is 17.6 Å². The van der Waals surface area contributed by atoms with Crippen LogP contribution in [0.3, 0.4) is 0 Å². The molecule has 0 aliphatic heterocycles. The zero-order valence-electron chi connectivity index (χ0n) is 10.3. The van der Waals surface area contributed by atoms with E-state index in [4.69, 9.17) is 14.7 Å². The molecule has 1 atom stereocenters. The van der Waals surface area contributed by atoms with Gasteiger partial charge in [-0.25, -0.2) is 8.42 Å². The summed E-state index contributed by atoms with van der Waals surface area (Å²) in [5.41, 5.74) is 0.487. The van der Waals surface area contributed by atoms with E-state index in [0.717, 1.165) is 6.26 Å². The number of methoxy groups -OCH3 is 2. The van der Waals surface area contributed by atoms with E-state index >= 15 is 0 Å². The molecule has 0 aliphatic rings. The molecule has 0 spiro atoms. The summed E-state index contributed by atoms with van der Waals surface area (Å²) >= 11 is 0. The topological polar surface area (TPSA) is 88.4 Å².